The van der Waals surface area contributed by atoms with Gasteiger partial charge in [0.1, 0.15) is 0 Å². The summed E-state index contributed by atoms with van der Waals surface area (Å²) < 4.78 is 31.0. The molecule has 0 N–H and O–H groups in total. The molecule has 0 aliphatic rings. The molecule has 0 amide bonds. The Morgan fingerprint density at radius 1 is 0.931 bits per heavy atom. The van der Waals surface area contributed by atoms with E-state index in [0.29, 0.717) is 0 Å². The summed E-state index contributed by atoms with van der Waals surface area (Å²) in [4.78, 5) is 0.259. The lowest BCUT2D eigenvalue weighted by Gasteiger charge is -2.18. The molecule has 4 heteroatoms. The van der Waals surface area contributed by atoms with E-state index in [2.05, 4.69) is 19.6 Å². The second kappa shape index (κ2) is 15.4. The number of hydrogen-bond donors (Lipinski definition) is 0. The second-order valence-corrected chi connectivity index (χ2v) is 9.42. The number of allylic oxidation sites excluding steroid dienone is 3. The lowest BCUT2D eigenvalue weighted by molar-refractivity contribution is 0.180. The van der Waals surface area contributed by atoms with Crippen LogP contribution in [-0.4, -0.2) is 14.5 Å². The molecule has 3 nitrogen and oxygen atoms in total. The first-order valence-corrected chi connectivity index (χ1v) is 12.7. The van der Waals surface area contributed by atoms with Gasteiger partial charge in [0.05, 0.1) is 11.0 Å². The minimum absolute atomic E-state index is 0.214. The largest absolute Gasteiger partial charge is 0.297 e. The van der Waals surface area contributed by atoms with Crippen molar-refractivity contribution in [2.45, 2.75) is 102 Å². The van der Waals surface area contributed by atoms with E-state index in [-0.39, 0.29) is 11.0 Å². The molecule has 0 radical (unpaired) electrons. The Kier molecular flexibility index (Phi) is 13.7. The van der Waals surface area contributed by atoms with Gasteiger partial charge in [0.25, 0.3) is 10.1 Å². The molecule has 0 spiro atoms. The van der Waals surface area contributed by atoms with E-state index < -0.39 is 10.1 Å². The summed E-state index contributed by atoms with van der Waals surface area (Å²) in [5.41, 5.74) is 1.04. The lowest BCUT2D eigenvalue weighted by atomic mass is 10.0. The highest BCUT2D eigenvalue weighted by atomic mass is 32.2. The smallest absolute Gasteiger partial charge is 0.263 e. The van der Waals surface area contributed by atoms with Gasteiger partial charge in [-0.15, -0.1) is 0 Å². The van der Waals surface area contributed by atoms with Gasteiger partial charge >= 0.3 is 0 Å². The molecule has 1 unspecified atom stereocenters. The van der Waals surface area contributed by atoms with Crippen LogP contribution in [0, 0.1) is 6.92 Å². The first-order valence-electron chi connectivity index (χ1n) is 11.3. The number of benzene rings is 1. The summed E-state index contributed by atoms with van der Waals surface area (Å²) in [6, 6.07) is 6.91. The molecule has 164 valence electrons. The van der Waals surface area contributed by atoms with Crippen LogP contribution in [0.1, 0.15) is 89.5 Å². The van der Waals surface area contributed by atoms with Crippen LogP contribution in [0.4, 0.5) is 0 Å². The first kappa shape index (κ1) is 25.6. The molecule has 1 aromatic rings. The summed E-state index contributed by atoms with van der Waals surface area (Å²) in [6.45, 7) is 7.81. The molecule has 0 aliphatic heterocycles. The molecular formula is C25H40O3S. The summed E-state index contributed by atoms with van der Waals surface area (Å²) in [6.07, 6.45) is 18.8. The zero-order valence-corrected chi connectivity index (χ0v) is 19.3. The van der Waals surface area contributed by atoms with Gasteiger partial charge in [0.15, 0.2) is 0 Å². The van der Waals surface area contributed by atoms with Crippen LogP contribution in [0.25, 0.3) is 0 Å². The Hall–Kier alpha value is -1.39. The molecule has 0 bridgehead atoms. The molecule has 1 rings (SSSR count). The van der Waals surface area contributed by atoms with Crippen LogP contribution in [0.5, 0.6) is 0 Å². The zero-order valence-electron chi connectivity index (χ0n) is 18.4. The Balaban J connectivity index is 2.47. The van der Waals surface area contributed by atoms with Crippen molar-refractivity contribution >= 4 is 10.1 Å². The van der Waals surface area contributed by atoms with Crippen LogP contribution in [0.2, 0.25) is 0 Å². The Bertz CT molecular complexity index is 675. The third kappa shape index (κ3) is 12.0. The maximum absolute atomic E-state index is 12.7. The van der Waals surface area contributed by atoms with Crippen LogP contribution < -0.4 is 0 Å². The third-order valence-corrected chi connectivity index (χ3v) is 6.50. The van der Waals surface area contributed by atoms with Crippen molar-refractivity contribution in [1.29, 1.82) is 0 Å². The van der Waals surface area contributed by atoms with E-state index in [0.717, 1.165) is 50.5 Å². The zero-order chi connectivity index (χ0) is 21.4. The van der Waals surface area contributed by atoms with Crippen LogP contribution in [0.3, 0.4) is 0 Å². The molecule has 29 heavy (non-hydrogen) atoms. The van der Waals surface area contributed by atoms with Crippen molar-refractivity contribution < 1.29 is 12.6 Å². The summed E-state index contributed by atoms with van der Waals surface area (Å²) in [5, 5.41) is 0. The molecule has 0 saturated carbocycles. The highest BCUT2D eigenvalue weighted by Gasteiger charge is 2.21. The predicted molar refractivity (Wildman–Crippen MR) is 124 cm³/mol. The lowest BCUT2D eigenvalue weighted by Crippen LogP contribution is -2.19. The minimum Gasteiger partial charge on any atom is -0.263 e. The average molecular weight is 421 g/mol. The fraction of sp³-hybridized carbons (Fsp3) is 0.600. The average Bonchev–Trinajstić information content (AvgIpc) is 2.70. The maximum Gasteiger partial charge on any atom is 0.297 e. The van der Waals surface area contributed by atoms with E-state index in [1.54, 1.807) is 12.1 Å². The third-order valence-electron chi connectivity index (χ3n) is 5.12. The van der Waals surface area contributed by atoms with Gasteiger partial charge in [-0.2, -0.15) is 8.42 Å². The maximum atomic E-state index is 12.7. The van der Waals surface area contributed by atoms with Crippen molar-refractivity contribution in [1.82, 2.24) is 0 Å². The van der Waals surface area contributed by atoms with Crippen molar-refractivity contribution in [3.05, 3.63) is 54.6 Å². The molecule has 1 aromatic carbocycles. The normalized spacial score (nSPS) is 13.0. The van der Waals surface area contributed by atoms with Crippen LogP contribution in [-0.2, 0) is 14.3 Å². The highest BCUT2D eigenvalue weighted by Crippen LogP contribution is 2.22. The number of hydrogen-bond acceptors (Lipinski definition) is 3. The van der Waals surface area contributed by atoms with E-state index in [1.807, 2.05) is 31.2 Å². The second-order valence-electron chi connectivity index (χ2n) is 7.84. The molecule has 1 atom stereocenters. The van der Waals surface area contributed by atoms with Crippen molar-refractivity contribution in [2.75, 3.05) is 0 Å². The standard InChI is InChI=1S/C25H40O3S/c1-4-6-8-10-11-12-13-14-16-18-24(17-15-9-7-5-2)28-29(26,27)25-21-19-23(3)20-22-25/h4,6,8,19-22,24H,1,5,7,9-18H2,2-3H3. The molecule has 0 heterocycles. The monoisotopic (exact) mass is 420 g/mol. The molecule has 0 saturated heterocycles. The highest BCUT2D eigenvalue weighted by molar-refractivity contribution is 7.86. The van der Waals surface area contributed by atoms with Gasteiger partial charge < -0.3 is 0 Å². The van der Waals surface area contributed by atoms with Gasteiger partial charge in [0.2, 0.25) is 0 Å². The van der Waals surface area contributed by atoms with Gasteiger partial charge in [-0.3, -0.25) is 4.18 Å². The topological polar surface area (TPSA) is 43.4 Å². The Morgan fingerprint density at radius 3 is 2.14 bits per heavy atom. The molecule has 0 aromatic heterocycles. The summed E-state index contributed by atoms with van der Waals surface area (Å²) >= 11 is 0. The molecule has 0 fully saturated rings. The first-order chi connectivity index (χ1) is 14.0. The van der Waals surface area contributed by atoms with Crippen molar-refractivity contribution in [2.24, 2.45) is 0 Å². The van der Waals surface area contributed by atoms with E-state index in [4.69, 9.17) is 4.18 Å². The van der Waals surface area contributed by atoms with Crippen LogP contribution in [0.15, 0.2) is 54.0 Å². The number of aryl methyl sites for hydroxylation is 1. The van der Waals surface area contributed by atoms with Gasteiger partial charge in [-0.1, -0.05) is 101 Å². The fourth-order valence-electron chi connectivity index (χ4n) is 3.34. The Labute approximate surface area is 179 Å². The van der Waals surface area contributed by atoms with E-state index >= 15 is 0 Å². The van der Waals surface area contributed by atoms with Crippen LogP contribution >= 0.6 is 0 Å². The van der Waals surface area contributed by atoms with Crippen molar-refractivity contribution in [3.63, 3.8) is 0 Å². The van der Waals surface area contributed by atoms with E-state index in [9.17, 15) is 8.42 Å². The summed E-state index contributed by atoms with van der Waals surface area (Å²) in [5.74, 6) is 0. The van der Waals surface area contributed by atoms with E-state index in [1.165, 1.54) is 32.1 Å². The fourth-order valence-corrected chi connectivity index (χ4v) is 4.47. The Morgan fingerprint density at radius 2 is 1.52 bits per heavy atom. The number of unbranched alkanes of at least 4 members (excludes halogenated alkanes) is 8. The van der Waals surface area contributed by atoms with Crippen molar-refractivity contribution in [3.8, 4) is 0 Å². The predicted octanol–water partition coefficient (Wildman–Crippen LogP) is 7.51. The molecular weight excluding hydrogens is 380 g/mol. The summed E-state index contributed by atoms with van der Waals surface area (Å²) in [7, 11) is -3.69. The van der Waals surface area contributed by atoms with Gasteiger partial charge in [-0.05, 0) is 44.7 Å². The number of rotatable bonds is 17. The minimum atomic E-state index is -3.69. The van der Waals surface area contributed by atoms with Gasteiger partial charge in [0, 0.05) is 0 Å². The van der Waals surface area contributed by atoms with Gasteiger partial charge in [-0.25, -0.2) is 0 Å². The quantitative estimate of drug-likeness (QED) is 0.149. The SMILES string of the molecule is C=CC=CCCCCCCCC(CCCCCC)OS(=O)(=O)c1ccc(C)cc1. The molecule has 0 aliphatic carbocycles.